The monoisotopic (exact) mass is 458 g/mol. The topological polar surface area (TPSA) is 51.1 Å². The lowest BCUT2D eigenvalue weighted by Gasteiger charge is -2.37. The fourth-order valence-corrected chi connectivity index (χ4v) is 3.68. The summed E-state index contributed by atoms with van der Waals surface area (Å²) in [6.07, 6.45) is 3.01. The molecule has 1 heterocycles. The molecule has 2 aliphatic rings. The van der Waals surface area contributed by atoms with E-state index in [0.29, 0.717) is 5.92 Å². The van der Waals surface area contributed by atoms with Crippen molar-refractivity contribution < 1.29 is 5.11 Å². The third-order valence-electron chi connectivity index (χ3n) is 5.13. The maximum atomic E-state index is 9.99. The molecule has 140 valence electrons. The quantitative estimate of drug-likeness (QED) is 0.414. The molecular weight excluding hydrogens is 427 g/mol. The number of benzene rings is 1. The van der Waals surface area contributed by atoms with Crippen LogP contribution in [0.2, 0.25) is 0 Å². The zero-order chi connectivity index (χ0) is 16.8. The van der Waals surface area contributed by atoms with Gasteiger partial charge in [0.25, 0.3) is 0 Å². The molecule has 1 aliphatic heterocycles. The van der Waals surface area contributed by atoms with E-state index in [2.05, 4.69) is 52.4 Å². The zero-order valence-corrected chi connectivity index (χ0v) is 17.4. The molecule has 0 bridgehead atoms. The molecule has 6 heteroatoms. The summed E-state index contributed by atoms with van der Waals surface area (Å²) >= 11 is 0. The summed E-state index contributed by atoms with van der Waals surface area (Å²) in [5, 5.41) is 13.4. The molecule has 2 unspecified atom stereocenters. The molecule has 3 rings (SSSR count). The Morgan fingerprint density at radius 2 is 1.88 bits per heavy atom. The molecule has 5 nitrogen and oxygen atoms in total. The van der Waals surface area contributed by atoms with Gasteiger partial charge in [-0.1, -0.05) is 24.6 Å². The number of nitrogens with one attached hydrogen (secondary N) is 1. The Kier molecular flexibility index (Phi) is 8.29. The van der Waals surface area contributed by atoms with E-state index in [1.165, 1.54) is 5.69 Å². The lowest BCUT2D eigenvalue weighted by molar-refractivity contribution is 0.136. The van der Waals surface area contributed by atoms with Crippen LogP contribution in [-0.2, 0) is 0 Å². The second-order valence-electron chi connectivity index (χ2n) is 6.76. The standard InChI is InChI=1S/C19H30N4O.HI/c1-2-20-19(21-15-16-7-6-10-18(16)24)23-13-11-22(12-14-23)17-8-4-3-5-9-17;/h3-5,8-9,16,18,24H,2,6-7,10-15H2,1H3,(H,20,21);1H. The van der Waals surface area contributed by atoms with Gasteiger partial charge in [-0.05, 0) is 31.9 Å². The highest BCUT2D eigenvalue weighted by atomic mass is 127. The minimum absolute atomic E-state index is 0. The molecule has 0 radical (unpaired) electrons. The summed E-state index contributed by atoms with van der Waals surface area (Å²) in [6.45, 7) is 7.72. The summed E-state index contributed by atoms with van der Waals surface area (Å²) in [4.78, 5) is 9.60. The van der Waals surface area contributed by atoms with Crippen molar-refractivity contribution in [2.24, 2.45) is 10.9 Å². The number of rotatable bonds is 4. The number of aliphatic hydroxyl groups excluding tert-OH is 1. The van der Waals surface area contributed by atoms with Gasteiger partial charge in [0, 0.05) is 50.9 Å². The average molecular weight is 458 g/mol. The van der Waals surface area contributed by atoms with Crippen molar-refractivity contribution in [3.05, 3.63) is 30.3 Å². The molecule has 25 heavy (non-hydrogen) atoms. The molecule has 1 aromatic rings. The number of para-hydroxylation sites is 1. The van der Waals surface area contributed by atoms with Crippen LogP contribution in [0.25, 0.3) is 0 Å². The molecule has 0 aromatic heterocycles. The molecule has 2 atom stereocenters. The average Bonchev–Trinajstić information content (AvgIpc) is 3.04. The second-order valence-corrected chi connectivity index (χ2v) is 6.76. The van der Waals surface area contributed by atoms with Crippen LogP contribution in [-0.4, -0.2) is 61.3 Å². The highest BCUT2D eigenvalue weighted by Crippen LogP contribution is 2.25. The Labute approximate surface area is 168 Å². The SMILES string of the molecule is CCNC(=NCC1CCCC1O)N1CCN(c2ccccc2)CC1.I. The van der Waals surface area contributed by atoms with E-state index in [1.807, 2.05) is 0 Å². The first-order chi connectivity index (χ1) is 11.8. The molecule has 0 amide bonds. The van der Waals surface area contributed by atoms with Crippen LogP contribution in [0.1, 0.15) is 26.2 Å². The summed E-state index contributed by atoms with van der Waals surface area (Å²) in [7, 11) is 0. The van der Waals surface area contributed by atoms with Gasteiger partial charge in [0.15, 0.2) is 5.96 Å². The third kappa shape index (κ3) is 5.48. The minimum atomic E-state index is -0.161. The molecule has 1 aromatic carbocycles. The van der Waals surface area contributed by atoms with Gasteiger partial charge < -0.3 is 20.2 Å². The normalized spacial score (nSPS) is 24.2. The Balaban J connectivity index is 0.00000225. The maximum Gasteiger partial charge on any atom is 0.194 e. The van der Waals surface area contributed by atoms with Crippen molar-refractivity contribution in [3.8, 4) is 0 Å². The van der Waals surface area contributed by atoms with E-state index >= 15 is 0 Å². The lowest BCUT2D eigenvalue weighted by Crippen LogP contribution is -2.52. The van der Waals surface area contributed by atoms with Gasteiger partial charge in [0.1, 0.15) is 0 Å². The van der Waals surface area contributed by atoms with E-state index in [4.69, 9.17) is 4.99 Å². The molecule has 1 saturated heterocycles. The van der Waals surface area contributed by atoms with Gasteiger partial charge in [-0.2, -0.15) is 0 Å². The van der Waals surface area contributed by atoms with Crippen LogP contribution < -0.4 is 10.2 Å². The number of hydrogen-bond acceptors (Lipinski definition) is 3. The molecule has 0 spiro atoms. The van der Waals surface area contributed by atoms with Crippen molar-refractivity contribution in [1.29, 1.82) is 0 Å². The second kappa shape index (κ2) is 10.2. The van der Waals surface area contributed by atoms with Crippen LogP contribution in [0, 0.1) is 5.92 Å². The number of aliphatic hydroxyl groups is 1. The number of guanidine groups is 1. The molecule has 1 saturated carbocycles. The van der Waals surface area contributed by atoms with Crippen LogP contribution in [0.3, 0.4) is 0 Å². The first-order valence-corrected chi connectivity index (χ1v) is 9.29. The summed E-state index contributed by atoms with van der Waals surface area (Å²) in [5.41, 5.74) is 1.30. The van der Waals surface area contributed by atoms with E-state index in [0.717, 1.165) is 64.5 Å². The summed E-state index contributed by atoms with van der Waals surface area (Å²) < 4.78 is 0. The molecule has 2 fully saturated rings. The number of hydrogen-bond donors (Lipinski definition) is 2. The molecule has 1 aliphatic carbocycles. The minimum Gasteiger partial charge on any atom is -0.393 e. The summed E-state index contributed by atoms with van der Waals surface area (Å²) in [6, 6.07) is 10.6. The van der Waals surface area contributed by atoms with Gasteiger partial charge >= 0.3 is 0 Å². The van der Waals surface area contributed by atoms with Crippen molar-refractivity contribution in [2.75, 3.05) is 44.2 Å². The van der Waals surface area contributed by atoms with Crippen molar-refractivity contribution in [3.63, 3.8) is 0 Å². The Morgan fingerprint density at radius 1 is 1.16 bits per heavy atom. The fraction of sp³-hybridized carbons (Fsp3) is 0.632. The van der Waals surface area contributed by atoms with Gasteiger partial charge in [-0.3, -0.25) is 4.99 Å². The van der Waals surface area contributed by atoms with E-state index in [-0.39, 0.29) is 30.1 Å². The van der Waals surface area contributed by atoms with Crippen LogP contribution in [0.4, 0.5) is 5.69 Å². The van der Waals surface area contributed by atoms with Crippen molar-refractivity contribution in [1.82, 2.24) is 10.2 Å². The predicted molar refractivity (Wildman–Crippen MR) is 115 cm³/mol. The number of piperazine rings is 1. The number of nitrogens with zero attached hydrogens (tertiary/aromatic N) is 3. The Bertz CT molecular complexity index is 531. The van der Waals surface area contributed by atoms with Crippen molar-refractivity contribution >= 4 is 35.6 Å². The van der Waals surface area contributed by atoms with Gasteiger partial charge in [-0.25, -0.2) is 0 Å². The van der Waals surface area contributed by atoms with E-state index < -0.39 is 0 Å². The van der Waals surface area contributed by atoms with E-state index in [9.17, 15) is 5.11 Å². The van der Waals surface area contributed by atoms with E-state index in [1.54, 1.807) is 0 Å². The first-order valence-electron chi connectivity index (χ1n) is 9.29. The smallest absolute Gasteiger partial charge is 0.194 e. The number of anilines is 1. The molecule has 2 N–H and O–H groups in total. The predicted octanol–water partition coefficient (Wildman–Crippen LogP) is 2.55. The number of halogens is 1. The lowest BCUT2D eigenvalue weighted by atomic mass is 10.1. The highest BCUT2D eigenvalue weighted by Gasteiger charge is 2.25. The number of aliphatic imine (C=N–C) groups is 1. The van der Waals surface area contributed by atoms with Crippen LogP contribution in [0.5, 0.6) is 0 Å². The largest absolute Gasteiger partial charge is 0.393 e. The highest BCUT2D eigenvalue weighted by molar-refractivity contribution is 14.0. The van der Waals surface area contributed by atoms with Gasteiger partial charge in [0.05, 0.1) is 6.10 Å². The van der Waals surface area contributed by atoms with Crippen molar-refractivity contribution in [2.45, 2.75) is 32.3 Å². The Hall–Kier alpha value is -1.02. The zero-order valence-electron chi connectivity index (χ0n) is 15.1. The van der Waals surface area contributed by atoms with Crippen LogP contribution in [0.15, 0.2) is 35.3 Å². The first kappa shape index (κ1) is 20.3. The maximum absolute atomic E-state index is 9.99. The third-order valence-corrected chi connectivity index (χ3v) is 5.13. The van der Waals surface area contributed by atoms with Crippen LogP contribution >= 0.6 is 24.0 Å². The molecular formula is C19H31IN4O. The van der Waals surface area contributed by atoms with Gasteiger partial charge in [0.2, 0.25) is 0 Å². The van der Waals surface area contributed by atoms with Gasteiger partial charge in [-0.15, -0.1) is 24.0 Å². The summed E-state index contributed by atoms with van der Waals surface area (Å²) in [5.74, 6) is 1.34. The fourth-order valence-electron chi connectivity index (χ4n) is 3.68. The Morgan fingerprint density at radius 3 is 2.48 bits per heavy atom.